The number of nitrogens with one attached hydrogen (secondary N) is 1. The van der Waals surface area contributed by atoms with Crippen LogP contribution in [-0.4, -0.2) is 21.6 Å². The Morgan fingerprint density at radius 2 is 2.22 bits per heavy atom. The van der Waals surface area contributed by atoms with Crippen LogP contribution in [0.2, 0.25) is 0 Å². The van der Waals surface area contributed by atoms with Crippen LogP contribution in [0, 0.1) is 12.3 Å². The standard InChI is InChI=1S/C12H14BrNO3S/c1-4-9(2)14-18(15,16)8-10-7-11(17-3)5-6-12(10)13/h1,5-7,9,14H,8H2,2-3H3/t9-/m1/s1. The zero-order valence-electron chi connectivity index (χ0n) is 10.1. The number of rotatable bonds is 5. The zero-order valence-corrected chi connectivity index (χ0v) is 12.5. The molecular formula is C12H14BrNO3S. The highest BCUT2D eigenvalue weighted by atomic mass is 79.9. The first-order valence-corrected chi connectivity index (χ1v) is 7.61. The minimum Gasteiger partial charge on any atom is -0.497 e. The lowest BCUT2D eigenvalue weighted by atomic mass is 10.2. The van der Waals surface area contributed by atoms with Gasteiger partial charge in [-0.05, 0) is 30.7 Å². The van der Waals surface area contributed by atoms with Crippen molar-refractivity contribution in [1.82, 2.24) is 4.72 Å². The third-order valence-corrected chi connectivity index (χ3v) is 4.38. The molecule has 1 N–H and O–H groups in total. The third kappa shape index (κ3) is 4.33. The van der Waals surface area contributed by atoms with E-state index < -0.39 is 16.1 Å². The first kappa shape index (κ1) is 15.0. The summed E-state index contributed by atoms with van der Waals surface area (Å²) < 4.78 is 31.9. The summed E-state index contributed by atoms with van der Waals surface area (Å²) in [6.07, 6.45) is 5.14. The number of halogens is 1. The number of sulfonamides is 1. The van der Waals surface area contributed by atoms with Crippen LogP contribution in [0.4, 0.5) is 0 Å². The van der Waals surface area contributed by atoms with Crippen molar-refractivity contribution in [3.05, 3.63) is 28.2 Å². The van der Waals surface area contributed by atoms with E-state index in [4.69, 9.17) is 11.2 Å². The summed E-state index contributed by atoms with van der Waals surface area (Å²) in [5.74, 6) is 2.77. The molecule has 1 atom stereocenters. The van der Waals surface area contributed by atoms with Crippen molar-refractivity contribution in [3.8, 4) is 18.1 Å². The molecule has 0 bridgehead atoms. The van der Waals surface area contributed by atoms with E-state index in [0.29, 0.717) is 15.8 Å². The molecule has 4 nitrogen and oxygen atoms in total. The Hall–Kier alpha value is -1.03. The molecule has 1 aromatic carbocycles. The Morgan fingerprint density at radius 3 is 2.78 bits per heavy atom. The number of hydrogen-bond donors (Lipinski definition) is 1. The van der Waals surface area contributed by atoms with Crippen LogP contribution >= 0.6 is 15.9 Å². The number of ether oxygens (including phenoxy) is 1. The molecule has 0 amide bonds. The summed E-state index contributed by atoms with van der Waals surface area (Å²) in [5.41, 5.74) is 0.617. The summed E-state index contributed by atoms with van der Waals surface area (Å²) in [6, 6.07) is 4.63. The summed E-state index contributed by atoms with van der Waals surface area (Å²) in [5, 5.41) is 0. The third-order valence-electron chi connectivity index (χ3n) is 2.20. The van der Waals surface area contributed by atoms with Gasteiger partial charge in [0.05, 0.1) is 18.9 Å². The Bertz CT molecular complexity index is 563. The molecule has 0 aliphatic carbocycles. The van der Waals surface area contributed by atoms with Gasteiger partial charge in [0.2, 0.25) is 10.0 Å². The fourth-order valence-electron chi connectivity index (χ4n) is 1.34. The summed E-state index contributed by atoms with van der Waals surface area (Å²) >= 11 is 3.31. The topological polar surface area (TPSA) is 55.4 Å². The average molecular weight is 332 g/mol. The van der Waals surface area contributed by atoms with Crippen molar-refractivity contribution in [2.24, 2.45) is 0 Å². The maximum atomic E-state index is 11.9. The molecular weight excluding hydrogens is 318 g/mol. The second kappa shape index (κ2) is 6.23. The van der Waals surface area contributed by atoms with Crippen molar-refractivity contribution < 1.29 is 13.2 Å². The minimum atomic E-state index is -3.47. The van der Waals surface area contributed by atoms with Gasteiger partial charge in [-0.3, -0.25) is 0 Å². The van der Waals surface area contributed by atoms with Gasteiger partial charge in [-0.1, -0.05) is 21.9 Å². The highest BCUT2D eigenvalue weighted by molar-refractivity contribution is 9.10. The molecule has 6 heteroatoms. The number of terminal acetylenes is 1. The van der Waals surface area contributed by atoms with E-state index in [1.165, 1.54) is 7.11 Å². The maximum absolute atomic E-state index is 11.9. The number of hydrogen-bond acceptors (Lipinski definition) is 3. The van der Waals surface area contributed by atoms with Crippen molar-refractivity contribution in [2.75, 3.05) is 7.11 Å². The van der Waals surface area contributed by atoms with Crippen LogP contribution in [0.5, 0.6) is 5.75 Å². The SMILES string of the molecule is C#C[C@@H](C)NS(=O)(=O)Cc1cc(OC)ccc1Br. The molecule has 1 rings (SSSR count). The van der Waals surface area contributed by atoms with Gasteiger partial charge in [0.25, 0.3) is 0 Å². The lowest BCUT2D eigenvalue weighted by molar-refractivity contribution is 0.414. The Balaban J connectivity index is 2.94. The Labute approximate surface area is 116 Å². The molecule has 18 heavy (non-hydrogen) atoms. The molecule has 98 valence electrons. The number of benzene rings is 1. The monoisotopic (exact) mass is 331 g/mol. The normalized spacial score (nSPS) is 12.8. The molecule has 0 aromatic heterocycles. The van der Waals surface area contributed by atoms with E-state index in [2.05, 4.69) is 26.6 Å². The van der Waals surface area contributed by atoms with E-state index in [-0.39, 0.29) is 5.75 Å². The predicted octanol–water partition coefficient (Wildman–Crippen LogP) is 1.90. The van der Waals surface area contributed by atoms with Crippen LogP contribution in [0.15, 0.2) is 22.7 Å². The fourth-order valence-corrected chi connectivity index (χ4v) is 3.25. The first-order chi connectivity index (χ1) is 8.38. The van der Waals surface area contributed by atoms with Gasteiger partial charge in [0, 0.05) is 4.47 Å². The van der Waals surface area contributed by atoms with E-state index in [9.17, 15) is 8.42 Å². The van der Waals surface area contributed by atoms with Gasteiger partial charge in [0.15, 0.2) is 0 Å². The predicted molar refractivity (Wildman–Crippen MR) is 74.7 cm³/mol. The molecule has 0 spiro atoms. The molecule has 0 unspecified atom stereocenters. The second-order valence-corrected chi connectivity index (χ2v) is 6.33. The van der Waals surface area contributed by atoms with E-state index in [0.717, 1.165) is 0 Å². The summed E-state index contributed by atoms with van der Waals surface area (Å²) in [7, 11) is -1.94. The molecule has 0 radical (unpaired) electrons. The first-order valence-electron chi connectivity index (χ1n) is 5.16. The van der Waals surface area contributed by atoms with Crippen LogP contribution in [0.3, 0.4) is 0 Å². The van der Waals surface area contributed by atoms with Gasteiger partial charge in [-0.15, -0.1) is 6.42 Å². The van der Waals surface area contributed by atoms with Crippen LogP contribution < -0.4 is 9.46 Å². The molecule has 0 fully saturated rings. The van der Waals surface area contributed by atoms with Gasteiger partial charge in [-0.25, -0.2) is 13.1 Å². The quantitative estimate of drug-likeness (QED) is 0.838. The van der Waals surface area contributed by atoms with Crippen LogP contribution in [-0.2, 0) is 15.8 Å². The zero-order chi connectivity index (χ0) is 13.8. The van der Waals surface area contributed by atoms with Gasteiger partial charge in [-0.2, -0.15) is 0 Å². The summed E-state index contributed by atoms with van der Waals surface area (Å²) in [6.45, 7) is 1.61. The highest BCUT2D eigenvalue weighted by Gasteiger charge is 2.16. The largest absolute Gasteiger partial charge is 0.497 e. The minimum absolute atomic E-state index is 0.156. The van der Waals surface area contributed by atoms with E-state index in [1.807, 2.05) is 0 Å². The maximum Gasteiger partial charge on any atom is 0.216 e. The van der Waals surface area contributed by atoms with Crippen molar-refractivity contribution in [3.63, 3.8) is 0 Å². The molecule has 0 saturated heterocycles. The molecule has 1 aromatic rings. The van der Waals surface area contributed by atoms with Crippen molar-refractivity contribution in [2.45, 2.75) is 18.7 Å². The van der Waals surface area contributed by atoms with Crippen molar-refractivity contribution >= 4 is 26.0 Å². The van der Waals surface area contributed by atoms with Gasteiger partial charge >= 0.3 is 0 Å². The van der Waals surface area contributed by atoms with Crippen LogP contribution in [0.25, 0.3) is 0 Å². The van der Waals surface area contributed by atoms with Crippen molar-refractivity contribution in [1.29, 1.82) is 0 Å². The van der Waals surface area contributed by atoms with Gasteiger partial charge in [0.1, 0.15) is 5.75 Å². The van der Waals surface area contributed by atoms with E-state index >= 15 is 0 Å². The smallest absolute Gasteiger partial charge is 0.216 e. The van der Waals surface area contributed by atoms with E-state index in [1.54, 1.807) is 25.1 Å². The fraction of sp³-hybridized carbons (Fsp3) is 0.333. The Morgan fingerprint density at radius 1 is 1.56 bits per heavy atom. The summed E-state index contributed by atoms with van der Waals surface area (Å²) in [4.78, 5) is 0. The molecule has 0 saturated carbocycles. The highest BCUT2D eigenvalue weighted by Crippen LogP contribution is 2.24. The van der Waals surface area contributed by atoms with Gasteiger partial charge < -0.3 is 4.74 Å². The average Bonchev–Trinajstić information content (AvgIpc) is 2.31. The molecule has 0 aliphatic rings. The number of methoxy groups -OCH3 is 1. The molecule has 0 aliphatic heterocycles. The van der Waals surface area contributed by atoms with Crippen LogP contribution in [0.1, 0.15) is 12.5 Å². The second-order valence-electron chi connectivity index (χ2n) is 3.72. The molecule has 0 heterocycles. The lowest BCUT2D eigenvalue weighted by Gasteiger charge is -2.11. The Kier molecular flexibility index (Phi) is 5.20. The lowest BCUT2D eigenvalue weighted by Crippen LogP contribution is -2.32.